The summed E-state index contributed by atoms with van der Waals surface area (Å²) in [4.78, 5) is 2.35. The molecule has 1 aliphatic rings. The average Bonchev–Trinajstić information content (AvgIpc) is 3.00. The maximum atomic E-state index is 6.23. The molecule has 3 heterocycles. The average molecular weight is 310 g/mol. The van der Waals surface area contributed by atoms with E-state index in [4.69, 9.17) is 16.3 Å². The van der Waals surface area contributed by atoms with Crippen molar-refractivity contribution < 1.29 is 4.74 Å². The van der Waals surface area contributed by atoms with Crippen LogP contribution in [-0.2, 0) is 24.9 Å². The minimum Gasteiger partial charge on any atom is -0.374 e. The van der Waals surface area contributed by atoms with E-state index < -0.39 is 0 Å². The number of nitrogens with zero attached hydrogens (tertiary/aromatic N) is 5. The Hall–Kier alpha value is -1.37. The second-order valence-corrected chi connectivity index (χ2v) is 5.91. The Balaban J connectivity index is 1.59. The smallest absolute Gasteiger partial charge is 0.131 e. The molecule has 0 aromatic carbocycles. The van der Waals surface area contributed by atoms with Crippen molar-refractivity contribution in [1.29, 1.82) is 0 Å². The van der Waals surface area contributed by atoms with Crippen molar-refractivity contribution in [3.05, 3.63) is 34.9 Å². The van der Waals surface area contributed by atoms with Gasteiger partial charge in [0.15, 0.2) is 0 Å². The predicted molar refractivity (Wildman–Crippen MR) is 80.2 cm³/mol. The summed E-state index contributed by atoms with van der Waals surface area (Å²) in [5.74, 6) is 0. The van der Waals surface area contributed by atoms with Crippen LogP contribution in [0.15, 0.2) is 18.6 Å². The topological polar surface area (TPSA) is 48.1 Å². The van der Waals surface area contributed by atoms with Crippen molar-refractivity contribution >= 4 is 11.6 Å². The van der Waals surface area contributed by atoms with Crippen LogP contribution in [0.2, 0.25) is 5.15 Å². The third kappa shape index (κ3) is 3.45. The quantitative estimate of drug-likeness (QED) is 0.858. The van der Waals surface area contributed by atoms with Gasteiger partial charge < -0.3 is 4.74 Å². The van der Waals surface area contributed by atoms with E-state index in [0.717, 1.165) is 38.3 Å². The Morgan fingerprint density at radius 3 is 2.90 bits per heavy atom. The predicted octanol–water partition coefficient (Wildman–Crippen LogP) is 1.48. The molecule has 1 saturated heterocycles. The summed E-state index contributed by atoms with van der Waals surface area (Å²) in [6, 6.07) is 0. The van der Waals surface area contributed by atoms with Crippen LogP contribution in [-0.4, -0.2) is 50.3 Å². The zero-order chi connectivity index (χ0) is 14.8. The number of ether oxygens (including phenoxy) is 1. The Kier molecular flexibility index (Phi) is 4.28. The molecular weight excluding hydrogens is 290 g/mol. The molecular formula is C14H20ClN5O. The van der Waals surface area contributed by atoms with Crippen molar-refractivity contribution in [2.75, 3.05) is 19.7 Å². The van der Waals surface area contributed by atoms with E-state index in [1.54, 1.807) is 4.68 Å². The van der Waals surface area contributed by atoms with E-state index in [2.05, 4.69) is 15.1 Å². The van der Waals surface area contributed by atoms with Gasteiger partial charge in [-0.25, -0.2) is 0 Å². The number of aryl methyl sites for hydroxylation is 2. The largest absolute Gasteiger partial charge is 0.374 e. The summed E-state index contributed by atoms with van der Waals surface area (Å²) in [5.41, 5.74) is 2.24. The lowest BCUT2D eigenvalue weighted by atomic mass is 10.2. The number of aromatic nitrogens is 4. The van der Waals surface area contributed by atoms with Crippen LogP contribution in [0.25, 0.3) is 0 Å². The molecule has 0 aliphatic carbocycles. The first-order valence-corrected chi connectivity index (χ1v) is 7.49. The molecule has 3 rings (SSSR count). The van der Waals surface area contributed by atoms with E-state index in [9.17, 15) is 0 Å². The molecule has 7 heteroatoms. The van der Waals surface area contributed by atoms with Gasteiger partial charge in [-0.3, -0.25) is 14.3 Å². The zero-order valence-corrected chi connectivity index (χ0v) is 13.1. The standard InChI is InChI=1S/C14H20ClN5O/c1-11-5-17-20(7-11)10-13-9-19(3-4-21-13)8-12-6-16-18(2)14(12)15/h5-7,13H,3-4,8-10H2,1-2H3. The molecule has 1 unspecified atom stereocenters. The Morgan fingerprint density at radius 1 is 1.38 bits per heavy atom. The van der Waals surface area contributed by atoms with Crippen molar-refractivity contribution in [2.45, 2.75) is 26.1 Å². The van der Waals surface area contributed by atoms with Crippen molar-refractivity contribution in [3.8, 4) is 0 Å². The number of hydrogen-bond acceptors (Lipinski definition) is 4. The second-order valence-electron chi connectivity index (χ2n) is 5.55. The lowest BCUT2D eigenvalue weighted by Gasteiger charge is -2.32. The van der Waals surface area contributed by atoms with Gasteiger partial charge in [-0.15, -0.1) is 0 Å². The normalized spacial score (nSPS) is 20.0. The van der Waals surface area contributed by atoms with E-state index in [0.29, 0.717) is 5.15 Å². The van der Waals surface area contributed by atoms with Crippen LogP contribution in [0.5, 0.6) is 0 Å². The fourth-order valence-electron chi connectivity index (χ4n) is 2.62. The summed E-state index contributed by atoms with van der Waals surface area (Å²) in [6.45, 7) is 6.17. The van der Waals surface area contributed by atoms with Gasteiger partial charge in [-0.05, 0) is 12.5 Å². The van der Waals surface area contributed by atoms with Gasteiger partial charge >= 0.3 is 0 Å². The molecule has 1 fully saturated rings. The van der Waals surface area contributed by atoms with Crippen LogP contribution in [0.4, 0.5) is 0 Å². The highest BCUT2D eigenvalue weighted by Gasteiger charge is 2.22. The van der Waals surface area contributed by atoms with Crippen LogP contribution >= 0.6 is 11.6 Å². The van der Waals surface area contributed by atoms with E-state index in [1.807, 2.05) is 37.2 Å². The van der Waals surface area contributed by atoms with Crippen LogP contribution in [0, 0.1) is 6.92 Å². The molecule has 1 atom stereocenters. The second kappa shape index (κ2) is 6.17. The maximum Gasteiger partial charge on any atom is 0.131 e. The third-order valence-electron chi connectivity index (χ3n) is 3.71. The molecule has 1 aliphatic heterocycles. The first-order valence-electron chi connectivity index (χ1n) is 7.11. The summed E-state index contributed by atoms with van der Waals surface area (Å²) in [7, 11) is 1.86. The highest BCUT2D eigenvalue weighted by atomic mass is 35.5. The molecule has 0 N–H and O–H groups in total. The Morgan fingerprint density at radius 2 is 2.24 bits per heavy atom. The molecule has 0 saturated carbocycles. The fraction of sp³-hybridized carbons (Fsp3) is 0.571. The summed E-state index contributed by atoms with van der Waals surface area (Å²) in [6.07, 6.45) is 5.91. The van der Waals surface area contributed by atoms with Crippen LogP contribution in [0.3, 0.4) is 0 Å². The number of halogens is 1. The summed E-state index contributed by atoms with van der Waals surface area (Å²) >= 11 is 6.23. The van der Waals surface area contributed by atoms with Gasteiger partial charge in [-0.1, -0.05) is 11.6 Å². The number of morpholine rings is 1. The van der Waals surface area contributed by atoms with E-state index in [1.165, 1.54) is 5.56 Å². The van der Waals surface area contributed by atoms with Crippen LogP contribution < -0.4 is 0 Å². The van der Waals surface area contributed by atoms with Gasteiger partial charge in [-0.2, -0.15) is 10.2 Å². The molecule has 0 spiro atoms. The van der Waals surface area contributed by atoms with Gasteiger partial charge in [0.2, 0.25) is 0 Å². The summed E-state index contributed by atoms with van der Waals surface area (Å²) < 4.78 is 9.48. The molecule has 2 aromatic rings. The highest BCUT2D eigenvalue weighted by molar-refractivity contribution is 6.30. The molecule has 2 aromatic heterocycles. The minimum atomic E-state index is 0.161. The highest BCUT2D eigenvalue weighted by Crippen LogP contribution is 2.18. The van der Waals surface area contributed by atoms with Crippen molar-refractivity contribution in [1.82, 2.24) is 24.5 Å². The monoisotopic (exact) mass is 309 g/mol. The number of rotatable bonds is 4. The fourth-order valence-corrected chi connectivity index (χ4v) is 2.78. The van der Waals surface area contributed by atoms with E-state index in [-0.39, 0.29) is 6.10 Å². The lowest BCUT2D eigenvalue weighted by Crippen LogP contribution is -2.43. The summed E-state index contributed by atoms with van der Waals surface area (Å²) in [5, 5.41) is 9.21. The van der Waals surface area contributed by atoms with Gasteiger partial charge in [0.05, 0.1) is 31.6 Å². The maximum absolute atomic E-state index is 6.23. The number of hydrogen-bond donors (Lipinski definition) is 0. The van der Waals surface area contributed by atoms with Crippen molar-refractivity contribution in [2.24, 2.45) is 7.05 Å². The lowest BCUT2D eigenvalue weighted by molar-refractivity contribution is -0.0402. The van der Waals surface area contributed by atoms with Gasteiger partial charge in [0.25, 0.3) is 0 Å². The Bertz CT molecular complexity index is 608. The first-order chi connectivity index (χ1) is 10.1. The van der Waals surface area contributed by atoms with Gasteiger partial charge in [0.1, 0.15) is 5.15 Å². The molecule has 114 valence electrons. The molecule has 21 heavy (non-hydrogen) atoms. The zero-order valence-electron chi connectivity index (χ0n) is 12.4. The molecule has 0 amide bonds. The van der Waals surface area contributed by atoms with Crippen LogP contribution in [0.1, 0.15) is 11.1 Å². The first kappa shape index (κ1) is 14.6. The third-order valence-corrected chi connectivity index (χ3v) is 4.19. The van der Waals surface area contributed by atoms with Gasteiger partial charge in [0, 0.05) is 38.4 Å². The molecule has 6 nitrogen and oxygen atoms in total. The molecule has 0 bridgehead atoms. The molecule has 0 radical (unpaired) electrons. The SMILES string of the molecule is Cc1cnn(CC2CN(Cc3cnn(C)c3Cl)CCO2)c1. The van der Waals surface area contributed by atoms with Crippen molar-refractivity contribution in [3.63, 3.8) is 0 Å². The Labute approximate surface area is 129 Å². The van der Waals surface area contributed by atoms with E-state index >= 15 is 0 Å². The minimum absolute atomic E-state index is 0.161.